The van der Waals surface area contributed by atoms with Gasteiger partial charge in [0.15, 0.2) is 0 Å². The Morgan fingerprint density at radius 1 is 1.06 bits per heavy atom. The molecule has 0 aromatic heterocycles. The second-order valence-corrected chi connectivity index (χ2v) is 10.1. The molecule has 1 fully saturated rings. The van der Waals surface area contributed by atoms with E-state index >= 15 is 0 Å². The molecule has 0 aliphatic carbocycles. The molecular formula is C26H27N3O5S. The third-order valence-electron chi connectivity index (χ3n) is 5.82. The van der Waals surface area contributed by atoms with Crippen LogP contribution < -0.4 is 19.3 Å². The predicted octanol–water partition coefficient (Wildman–Crippen LogP) is 3.96. The summed E-state index contributed by atoms with van der Waals surface area (Å²) in [4.78, 5) is 26.9. The Balaban J connectivity index is 1.56. The number of hydrogen-bond acceptors (Lipinski definition) is 5. The molecule has 1 aliphatic heterocycles. The van der Waals surface area contributed by atoms with Crippen LogP contribution in [0.15, 0.2) is 77.7 Å². The topological polar surface area (TPSA) is 96.0 Å². The monoisotopic (exact) mass is 493 g/mol. The molecule has 35 heavy (non-hydrogen) atoms. The van der Waals surface area contributed by atoms with Gasteiger partial charge in [-0.25, -0.2) is 8.42 Å². The van der Waals surface area contributed by atoms with Gasteiger partial charge in [0, 0.05) is 24.3 Å². The lowest BCUT2D eigenvalue weighted by molar-refractivity contribution is -0.117. The van der Waals surface area contributed by atoms with Crippen molar-refractivity contribution in [3.63, 3.8) is 0 Å². The zero-order chi connectivity index (χ0) is 25.0. The number of carbonyl (C=O) groups excluding carboxylic acids is 2. The zero-order valence-corrected chi connectivity index (χ0v) is 20.4. The summed E-state index contributed by atoms with van der Waals surface area (Å²) >= 11 is 0. The summed E-state index contributed by atoms with van der Waals surface area (Å²) in [5.74, 6) is 0.130. The minimum Gasteiger partial charge on any atom is -0.497 e. The number of methoxy groups -OCH3 is 1. The van der Waals surface area contributed by atoms with Crippen molar-refractivity contribution in [3.05, 3.63) is 78.4 Å². The Labute approximate surface area is 205 Å². The fourth-order valence-corrected chi connectivity index (χ4v) is 5.48. The summed E-state index contributed by atoms with van der Waals surface area (Å²) in [5.41, 5.74) is 2.57. The molecule has 0 spiro atoms. The average Bonchev–Trinajstić information content (AvgIpc) is 3.28. The van der Waals surface area contributed by atoms with Gasteiger partial charge in [-0.05, 0) is 73.5 Å². The Bertz CT molecular complexity index is 1320. The molecule has 0 unspecified atom stereocenters. The number of ether oxygens (including phenoxy) is 1. The molecule has 0 atom stereocenters. The number of anilines is 3. The largest absolute Gasteiger partial charge is 0.497 e. The summed E-state index contributed by atoms with van der Waals surface area (Å²) in [6, 6.07) is 19.8. The highest BCUT2D eigenvalue weighted by Crippen LogP contribution is 2.28. The number of hydrogen-bond donors (Lipinski definition) is 1. The number of benzene rings is 3. The molecule has 1 saturated heterocycles. The van der Waals surface area contributed by atoms with Crippen LogP contribution in [0.3, 0.4) is 0 Å². The number of sulfonamides is 1. The second kappa shape index (κ2) is 10.2. The van der Waals surface area contributed by atoms with Gasteiger partial charge < -0.3 is 15.0 Å². The van der Waals surface area contributed by atoms with Crippen molar-refractivity contribution >= 4 is 38.9 Å². The smallest absolute Gasteiger partial charge is 0.264 e. The molecule has 2 amide bonds. The zero-order valence-electron chi connectivity index (χ0n) is 19.6. The number of carbonyl (C=O) groups is 2. The Morgan fingerprint density at radius 2 is 1.77 bits per heavy atom. The first-order valence-electron chi connectivity index (χ1n) is 11.2. The predicted molar refractivity (Wildman–Crippen MR) is 135 cm³/mol. The molecule has 8 nitrogen and oxygen atoms in total. The molecule has 4 rings (SSSR count). The quantitative estimate of drug-likeness (QED) is 0.512. The van der Waals surface area contributed by atoms with Gasteiger partial charge in [-0.2, -0.15) is 0 Å². The standard InChI is InChI=1S/C26H27N3O5S/c1-19-17-20(10-15-24(19)28-16-6-9-26(28)31)27-25(30)18-29(21-7-4-3-5-8-21)35(32,33)23-13-11-22(34-2)12-14-23/h3-5,7-8,10-15,17H,6,9,16,18H2,1-2H3,(H,27,30). The summed E-state index contributed by atoms with van der Waals surface area (Å²) in [6.45, 7) is 2.14. The van der Waals surface area contributed by atoms with Gasteiger partial charge in [-0.1, -0.05) is 18.2 Å². The molecule has 182 valence electrons. The third-order valence-corrected chi connectivity index (χ3v) is 7.61. The van der Waals surface area contributed by atoms with Crippen molar-refractivity contribution in [2.45, 2.75) is 24.7 Å². The first-order chi connectivity index (χ1) is 16.8. The summed E-state index contributed by atoms with van der Waals surface area (Å²) < 4.78 is 33.1. The van der Waals surface area contributed by atoms with Crippen LogP contribution >= 0.6 is 0 Å². The second-order valence-electron chi connectivity index (χ2n) is 8.22. The van der Waals surface area contributed by atoms with E-state index in [9.17, 15) is 18.0 Å². The third kappa shape index (κ3) is 5.30. The molecule has 0 radical (unpaired) electrons. The van der Waals surface area contributed by atoms with E-state index in [-0.39, 0.29) is 10.8 Å². The molecule has 0 bridgehead atoms. The van der Waals surface area contributed by atoms with Crippen molar-refractivity contribution < 1.29 is 22.7 Å². The molecule has 9 heteroatoms. The van der Waals surface area contributed by atoms with Gasteiger partial charge >= 0.3 is 0 Å². The first kappa shape index (κ1) is 24.3. The molecular weight excluding hydrogens is 466 g/mol. The van der Waals surface area contributed by atoms with Gasteiger partial charge in [-0.15, -0.1) is 0 Å². The van der Waals surface area contributed by atoms with E-state index in [1.807, 2.05) is 6.92 Å². The fourth-order valence-electron chi connectivity index (χ4n) is 4.05. The first-order valence-corrected chi connectivity index (χ1v) is 12.7. The van der Waals surface area contributed by atoms with Gasteiger partial charge in [0.05, 0.1) is 17.7 Å². The number of para-hydroxylation sites is 1. The van der Waals surface area contributed by atoms with E-state index in [1.54, 1.807) is 65.6 Å². The van der Waals surface area contributed by atoms with Crippen LogP contribution in [-0.4, -0.2) is 40.4 Å². The highest BCUT2D eigenvalue weighted by molar-refractivity contribution is 7.92. The maximum atomic E-state index is 13.5. The van der Waals surface area contributed by atoms with E-state index in [4.69, 9.17) is 4.74 Å². The normalized spacial score (nSPS) is 13.5. The number of nitrogens with zero attached hydrogens (tertiary/aromatic N) is 2. The van der Waals surface area contributed by atoms with Crippen molar-refractivity contribution in [2.24, 2.45) is 0 Å². The van der Waals surface area contributed by atoms with Crippen LogP contribution in [0.1, 0.15) is 18.4 Å². The van der Waals surface area contributed by atoms with Crippen LogP contribution in [0.4, 0.5) is 17.1 Å². The maximum Gasteiger partial charge on any atom is 0.264 e. The summed E-state index contributed by atoms with van der Waals surface area (Å²) in [7, 11) is -2.52. The fraction of sp³-hybridized carbons (Fsp3) is 0.231. The summed E-state index contributed by atoms with van der Waals surface area (Å²) in [5, 5.41) is 2.79. The Hall–Kier alpha value is -3.85. The number of amides is 2. The van der Waals surface area contributed by atoms with Crippen LogP contribution in [-0.2, 0) is 19.6 Å². The molecule has 3 aromatic rings. The van der Waals surface area contributed by atoms with Crippen LogP contribution in [0.5, 0.6) is 5.75 Å². The van der Waals surface area contributed by atoms with E-state index in [2.05, 4.69) is 5.32 Å². The van der Waals surface area contributed by atoms with Gasteiger partial charge in [0.25, 0.3) is 10.0 Å². The van der Waals surface area contributed by atoms with Crippen molar-refractivity contribution in [3.8, 4) is 5.75 Å². The Morgan fingerprint density at radius 3 is 2.37 bits per heavy atom. The van der Waals surface area contributed by atoms with Crippen LogP contribution in [0.25, 0.3) is 0 Å². The van der Waals surface area contributed by atoms with Gasteiger partial charge in [-0.3, -0.25) is 13.9 Å². The van der Waals surface area contributed by atoms with Gasteiger partial charge in [0.2, 0.25) is 11.8 Å². The SMILES string of the molecule is COc1ccc(S(=O)(=O)N(CC(=O)Nc2ccc(N3CCCC3=O)c(C)c2)c2ccccc2)cc1. The Kier molecular flexibility index (Phi) is 7.07. The van der Waals surface area contributed by atoms with E-state index in [1.165, 1.54) is 19.2 Å². The molecule has 1 aliphatic rings. The lowest BCUT2D eigenvalue weighted by Crippen LogP contribution is -2.38. The highest BCUT2D eigenvalue weighted by Gasteiger charge is 2.28. The molecule has 1 N–H and O–H groups in total. The number of nitrogens with one attached hydrogen (secondary N) is 1. The minimum absolute atomic E-state index is 0.0467. The lowest BCUT2D eigenvalue weighted by atomic mass is 10.1. The van der Waals surface area contributed by atoms with Crippen molar-refractivity contribution in [1.29, 1.82) is 0 Å². The van der Waals surface area contributed by atoms with E-state index in [0.717, 1.165) is 22.0 Å². The molecule has 3 aromatic carbocycles. The molecule has 0 saturated carbocycles. The lowest BCUT2D eigenvalue weighted by Gasteiger charge is -2.24. The van der Waals surface area contributed by atoms with Crippen molar-refractivity contribution in [2.75, 3.05) is 34.7 Å². The van der Waals surface area contributed by atoms with Crippen molar-refractivity contribution in [1.82, 2.24) is 0 Å². The molecule has 1 heterocycles. The number of rotatable bonds is 8. The summed E-state index contributed by atoms with van der Waals surface area (Å²) in [6.07, 6.45) is 1.37. The number of aryl methyl sites for hydroxylation is 1. The minimum atomic E-state index is -4.03. The highest BCUT2D eigenvalue weighted by atomic mass is 32.2. The van der Waals surface area contributed by atoms with Crippen LogP contribution in [0, 0.1) is 6.92 Å². The average molecular weight is 494 g/mol. The van der Waals surface area contributed by atoms with E-state index in [0.29, 0.717) is 30.1 Å². The van der Waals surface area contributed by atoms with Crippen LogP contribution in [0.2, 0.25) is 0 Å². The maximum absolute atomic E-state index is 13.5. The van der Waals surface area contributed by atoms with Gasteiger partial charge in [0.1, 0.15) is 12.3 Å². The van der Waals surface area contributed by atoms with E-state index < -0.39 is 22.5 Å².